The first-order valence-electron chi connectivity index (χ1n) is 8.21. The molecule has 2 amide bonds. The number of carboxylic acid groups (broad SMARTS) is 1. The molecule has 0 aliphatic carbocycles. The van der Waals surface area contributed by atoms with Crippen molar-refractivity contribution in [1.29, 1.82) is 0 Å². The summed E-state index contributed by atoms with van der Waals surface area (Å²) in [4.78, 5) is 21.5. The van der Waals surface area contributed by atoms with E-state index in [4.69, 9.17) is 24.1 Å². The van der Waals surface area contributed by atoms with Crippen molar-refractivity contribution in [3.05, 3.63) is 0 Å². The number of ether oxygens (including phenoxy) is 4. The number of carbonyl (C=O) groups is 2. The molecule has 0 aromatic rings. The van der Waals surface area contributed by atoms with Gasteiger partial charge in [0.2, 0.25) is 5.91 Å². The van der Waals surface area contributed by atoms with Crippen LogP contribution in [-0.4, -0.2) is 83.1 Å². The van der Waals surface area contributed by atoms with E-state index in [9.17, 15) is 9.59 Å². The molecule has 0 saturated heterocycles. The van der Waals surface area contributed by atoms with Crippen molar-refractivity contribution in [3.8, 4) is 0 Å². The van der Waals surface area contributed by atoms with Crippen molar-refractivity contribution in [1.82, 2.24) is 10.6 Å². The molecule has 0 atom stereocenters. The van der Waals surface area contributed by atoms with E-state index in [1.807, 2.05) is 0 Å². The Kier molecular flexibility index (Phi) is 16.9. The van der Waals surface area contributed by atoms with Gasteiger partial charge in [0, 0.05) is 26.1 Å². The van der Waals surface area contributed by atoms with Gasteiger partial charge in [0.05, 0.1) is 46.2 Å². The van der Waals surface area contributed by atoms with Gasteiger partial charge in [-0.1, -0.05) is 6.92 Å². The van der Waals surface area contributed by atoms with Gasteiger partial charge < -0.3 is 34.7 Å². The molecule has 0 aromatic heterocycles. The van der Waals surface area contributed by atoms with Gasteiger partial charge in [0.25, 0.3) is 0 Å². The number of amides is 2. The summed E-state index contributed by atoms with van der Waals surface area (Å²) < 4.78 is 21.2. The maximum absolute atomic E-state index is 11.4. The highest BCUT2D eigenvalue weighted by Crippen LogP contribution is 1.86. The summed E-state index contributed by atoms with van der Waals surface area (Å²) in [5.41, 5.74) is 0. The van der Waals surface area contributed by atoms with Crippen molar-refractivity contribution in [2.45, 2.75) is 19.8 Å². The standard InChI is InChI=1S/C15H30N2O7/c1-2-6-21-8-10-23-12-13-24-11-9-22-7-3-14(18)16-4-5-17-15(19)20/h17H,2-13H2,1H3,(H,16,18)(H,19,20). The lowest BCUT2D eigenvalue weighted by molar-refractivity contribution is -0.122. The van der Waals surface area contributed by atoms with Crippen LogP contribution in [0.2, 0.25) is 0 Å². The quantitative estimate of drug-likeness (QED) is 0.322. The largest absolute Gasteiger partial charge is 0.465 e. The molecule has 9 heteroatoms. The zero-order valence-electron chi connectivity index (χ0n) is 14.4. The molecule has 0 heterocycles. The van der Waals surface area contributed by atoms with E-state index in [0.717, 1.165) is 13.0 Å². The van der Waals surface area contributed by atoms with Crippen LogP contribution in [0.25, 0.3) is 0 Å². The first-order valence-corrected chi connectivity index (χ1v) is 8.21. The van der Waals surface area contributed by atoms with Gasteiger partial charge in [0.15, 0.2) is 0 Å². The van der Waals surface area contributed by atoms with E-state index in [2.05, 4.69) is 17.6 Å². The zero-order valence-corrected chi connectivity index (χ0v) is 14.4. The third-order valence-electron chi connectivity index (χ3n) is 2.66. The van der Waals surface area contributed by atoms with E-state index in [1.54, 1.807) is 0 Å². The normalized spacial score (nSPS) is 10.5. The predicted octanol–water partition coefficient (Wildman–Crippen LogP) is 0.237. The Hall–Kier alpha value is -1.42. The first-order chi connectivity index (χ1) is 11.7. The number of rotatable bonds is 17. The average Bonchev–Trinajstić information content (AvgIpc) is 2.55. The Balaban J connectivity index is 3.14. The Bertz CT molecular complexity index is 316. The van der Waals surface area contributed by atoms with Gasteiger partial charge in [-0.15, -0.1) is 0 Å². The van der Waals surface area contributed by atoms with Crippen LogP contribution in [-0.2, 0) is 23.7 Å². The predicted molar refractivity (Wildman–Crippen MR) is 87.2 cm³/mol. The molecule has 24 heavy (non-hydrogen) atoms. The Morgan fingerprint density at radius 2 is 1.21 bits per heavy atom. The number of hydrogen-bond donors (Lipinski definition) is 3. The van der Waals surface area contributed by atoms with Gasteiger partial charge >= 0.3 is 6.09 Å². The van der Waals surface area contributed by atoms with Crippen LogP contribution in [0.15, 0.2) is 0 Å². The minimum absolute atomic E-state index is 0.179. The second kappa shape index (κ2) is 17.9. The lowest BCUT2D eigenvalue weighted by Gasteiger charge is -2.08. The number of carbonyl (C=O) groups excluding carboxylic acids is 1. The Labute approximate surface area is 143 Å². The highest BCUT2D eigenvalue weighted by atomic mass is 16.6. The van der Waals surface area contributed by atoms with Crippen LogP contribution in [0.4, 0.5) is 4.79 Å². The van der Waals surface area contributed by atoms with Crippen molar-refractivity contribution in [2.24, 2.45) is 0 Å². The maximum atomic E-state index is 11.4. The molecule has 0 unspecified atom stereocenters. The average molecular weight is 350 g/mol. The molecule has 3 N–H and O–H groups in total. The maximum Gasteiger partial charge on any atom is 0.404 e. The van der Waals surface area contributed by atoms with E-state index in [-0.39, 0.29) is 25.4 Å². The van der Waals surface area contributed by atoms with Crippen LogP contribution in [0, 0.1) is 0 Å². The topological polar surface area (TPSA) is 115 Å². The van der Waals surface area contributed by atoms with Crippen LogP contribution >= 0.6 is 0 Å². The Morgan fingerprint density at radius 3 is 1.71 bits per heavy atom. The van der Waals surface area contributed by atoms with Crippen LogP contribution in [0.1, 0.15) is 19.8 Å². The fourth-order valence-electron chi connectivity index (χ4n) is 1.53. The molecular weight excluding hydrogens is 320 g/mol. The second-order valence-corrected chi connectivity index (χ2v) is 4.78. The van der Waals surface area contributed by atoms with Crippen molar-refractivity contribution in [3.63, 3.8) is 0 Å². The van der Waals surface area contributed by atoms with Gasteiger partial charge in [0.1, 0.15) is 0 Å². The van der Waals surface area contributed by atoms with E-state index in [1.165, 1.54) is 0 Å². The third-order valence-corrected chi connectivity index (χ3v) is 2.66. The molecule has 142 valence electrons. The highest BCUT2D eigenvalue weighted by Gasteiger charge is 2.01. The van der Waals surface area contributed by atoms with Crippen molar-refractivity contribution >= 4 is 12.0 Å². The summed E-state index contributed by atoms with van der Waals surface area (Å²) in [6.07, 6.45) is 0.128. The fraction of sp³-hybridized carbons (Fsp3) is 0.867. The molecule has 0 bridgehead atoms. The van der Waals surface area contributed by atoms with Gasteiger partial charge in [-0.2, -0.15) is 0 Å². The van der Waals surface area contributed by atoms with Gasteiger partial charge in [-0.25, -0.2) is 4.79 Å². The summed E-state index contributed by atoms with van der Waals surface area (Å²) in [5.74, 6) is -0.179. The minimum Gasteiger partial charge on any atom is -0.465 e. The summed E-state index contributed by atoms with van der Waals surface area (Å²) >= 11 is 0. The SMILES string of the molecule is CCCOCCOCCOCCOCCC(=O)NCCNC(=O)O. The first kappa shape index (κ1) is 22.6. The van der Waals surface area contributed by atoms with Crippen molar-refractivity contribution < 1.29 is 33.6 Å². The van der Waals surface area contributed by atoms with Gasteiger partial charge in [-0.3, -0.25) is 4.79 Å². The molecule has 0 fully saturated rings. The molecule has 0 saturated carbocycles. The molecule has 0 radical (unpaired) electrons. The molecule has 0 aliphatic heterocycles. The second-order valence-electron chi connectivity index (χ2n) is 4.78. The molecule has 0 rings (SSSR count). The highest BCUT2D eigenvalue weighted by molar-refractivity contribution is 5.76. The molecule has 0 aromatic carbocycles. The fourth-order valence-corrected chi connectivity index (χ4v) is 1.53. The third kappa shape index (κ3) is 18.6. The summed E-state index contributed by atoms with van der Waals surface area (Å²) in [5, 5.41) is 13.1. The van der Waals surface area contributed by atoms with E-state index >= 15 is 0 Å². The lowest BCUT2D eigenvalue weighted by atomic mass is 10.4. The van der Waals surface area contributed by atoms with E-state index in [0.29, 0.717) is 46.2 Å². The van der Waals surface area contributed by atoms with Crippen LogP contribution < -0.4 is 10.6 Å². The number of nitrogens with one attached hydrogen (secondary N) is 2. The molecular formula is C15H30N2O7. The summed E-state index contributed by atoms with van der Waals surface area (Å²) in [7, 11) is 0. The van der Waals surface area contributed by atoms with Crippen molar-refractivity contribution in [2.75, 3.05) is 65.9 Å². The van der Waals surface area contributed by atoms with Crippen LogP contribution in [0.3, 0.4) is 0 Å². The lowest BCUT2D eigenvalue weighted by Crippen LogP contribution is -2.34. The monoisotopic (exact) mass is 350 g/mol. The number of hydrogen-bond acceptors (Lipinski definition) is 6. The summed E-state index contributed by atoms with van der Waals surface area (Å²) in [6, 6.07) is 0. The van der Waals surface area contributed by atoms with Crippen LogP contribution in [0.5, 0.6) is 0 Å². The zero-order chi connectivity index (χ0) is 17.9. The Morgan fingerprint density at radius 1 is 0.750 bits per heavy atom. The van der Waals surface area contributed by atoms with E-state index < -0.39 is 6.09 Å². The minimum atomic E-state index is -1.11. The molecule has 9 nitrogen and oxygen atoms in total. The molecule has 0 spiro atoms. The van der Waals surface area contributed by atoms with Gasteiger partial charge in [-0.05, 0) is 6.42 Å². The smallest absolute Gasteiger partial charge is 0.404 e. The summed E-state index contributed by atoms with van der Waals surface area (Å²) in [6.45, 7) is 6.59. The molecule has 0 aliphatic rings.